The zero-order valence-electron chi connectivity index (χ0n) is 20.2. The van der Waals surface area contributed by atoms with Gasteiger partial charge in [-0.05, 0) is 49.9 Å². The minimum Gasteiger partial charge on any atom is -0.394 e. The van der Waals surface area contributed by atoms with Crippen LogP contribution in [-0.2, 0) is 14.4 Å². The first-order valence-corrected chi connectivity index (χ1v) is 13.6. The number of aliphatic hydroxyl groups excluding tert-OH is 1. The molecule has 6 atom stereocenters. The van der Waals surface area contributed by atoms with E-state index in [9.17, 15) is 19.5 Å². The molecule has 3 N–H and O–H groups in total. The average Bonchev–Trinajstić information content (AvgIpc) is 3.51. The van der Waals surface area contributed by atoms with Gasteiger partial charge in [-0.2, -0.15) is 0 Å². The fraction of sp³-hybridized carbons (Fsp3) is 0.444. The highest BCUT2D eigenvalue weighted by atomic mass is 35.5. The summed E-state index contributed by atoms with van der Waals surface area (Å²) in [7, 11) is 0. The molecule has 1 spiro atoms. The van der Waals surface area contributed by atoms with Crippen LogP contribution < -0.4 is 10.6 Å². The van der Waals surface area contributed by atoms with Crippen molar-refractivity contribution in [1.29, 1.82) is 0 Å². The Kier molecular flexibility index (Phi) is 6.78. The molecule has 3 heterocycles. The van der Waals surface area contributed by atoms with Crippen LogP contribution in [0.5, 0.6) is 0 Å². The summed E-state index contributed by atoms with van der Waals surface area (Å²) in [6.45, 7) is 3.49. The van der Waals surface area contributed by atoms with Crippen LogP contribution in [-0.4, -0.2) is 56.4 Å². The lowest BCUT2D eigenvalue weighted by Gasteiger charge is -2.36. The largest absolute Gasteiger partial charge is 0.394 e. The zero-order chi connectivity index (χ0) is 25.6. The second-order valence-corrected chi connectivity index (χ2v) is 11.8. The van der Waals surface area contributed by atoms with Crippen LogP contribution in [0.4, 0.5) is 11.4 Å². The first-order valence-electron chi connectivity index (χ1n) is 12.3. The van der Waals surface area contributed by atoms with Crippen LogP contribution in [0.3, 0.4) is 0 Å². The number of likely N-dealkylation sites (tertiary alicyclic amines) is 1. The lowest BCUT2D eigenvalue weighted by Crippen LogP contribution is -2.54. The SMILES string of the molecule is CC[C@@H](CO)N1C(=O)[C@@H]2[C@H](C(=O)Nc3ccccc3)[C@@H]3CCC2(S3)C1C(=O)Nc1c(C)cccc1Cl. The number of anilines is 2. The highest BCUT2D eigenvalue weighted by Gasteiger charge is 2.74. The third-order valence-corrected chi connectivity index (χ3v) is 10.1. The maximum atomic E-state index is 14.0. The normalized spacial score (nSPS) is 29.2. The quantitative estimate of drug-likeness (QED) is 0.504. The van der Waals surface area contributed by atoms with Crippen LogP contribution in [0.25, 0.3) is 0 Å². The van der Waals surface area contributed by atoms with Gasteiger partial charge in [0.15, 0.2) is 0 Å². The predicted molar refractivity (Wildman–Crippen MR) is 142 cm³/mol. The highest BCUT2D eigenvalue weighted by molar-refractivity contribution is 8.02. The molecule has 0 saturated carbocycles. The molecule has 2 bridgehead atoms. The van der Waals surface area contributed by atoms with Crippen molar-refractivity contribution in [2.45, 2.75) is 55.2 Å². The van der Waals surface area contributed by atoms with E-state index >= 15 is 0 Å². The number of carbonyl (C=O) groups is 3. The molecule has 0 aromatic heterocycles. The molecule has 0 aliphatic carbocycles. The Morgan fingerprint density at radius 1 is 1.17 bits per heavy atom. The second kappa shape index (κ2) is 9.72. The fourth-order valence-electron chi connectivity index (χ4n) is 6.23. The number of nitrogens with one attached hydrogen (secondary N) is 2. The number of halogens is 1. The van der Waals surface area contributed by atoms with Gasteiger partial charge in [0.2, 0.25) is 17.7 Å². The number of hydrogen-bond acceptors (Lipinski definition) is 5. The monoisotopic (exact) mass is 527 g/mol. The van der Waals surface area contributed by atoms with Crippen molar-refractivity contribution in [3.8, 4) is 0 Å². The Bertz CT molecular complexity index is 1170. The van der Waals surface area contributed by atoms with Crippen LogP contribution >= 0.6 is 23.4 Å². The van der Waals surface area contributed by atoms with Crippen molar-refractivity contribution in [2.75, 3.05) is 17.2 Å². The lowest BCUT2D eigenvalue weighted by molar-refractivity contribution is -0.141. The number of aliphatic hydroxyl groups is 1. The van der Waals surface area contributed by atoms with E-state index in [0.29, 0.717) is 29.2 Å². The maximum Gasteiger partial charge on any atom is 0.248 e. The molecule has 36 heavy (non-hydrogen) atoms. The molecular formula is C27H30ClN3O4S. The van der Waals surface area contributed by atoms with Gasteiger partial charge in [-0.15, -0.1) is 11.8 Å². The molecule has 3 aliphatic heterocycles. The van der Waals surface area contributed by atoms with E-state index in [4.69, 9.17) is 11.6 Å². The molecule has 2 aromatic rings. The van der Waals surface area contributed by atoms with Crippen molar-refractivity contribution < 1.29 is 19.5 Å². The van der Waals surface area contributed by atoms with Crippen LogP contribution in [0.2, 0.25) is 5.02 Å². The standard InChI is InChI=1S/C27H30ClN3O4S/c1-3-17(14-32)31-23(25(34)30-22-15(2)8-7-11-18(22)28)27-13-12-19(36-27)20(21(27)26(31)35)24(33)29-16-9-5-4-6-10-16/h4-11,17,19-21,23,32H,3,12-14H2,1-2H3,(H,29,33)(H,30,34)/t17-,19-,20+,21-,23?,27?/m0/s1. The van der Waals surface area contributed by atoms with Crippen molar-refractivity contribution in [3.63, 3.8) is 0 Å². The highest BCUT2D eigenvalue weighted by Crippen LogP contribution is 2.66. The molecule has 3 fully saturated rings. The summed E-state index contributed by atoms with van der Waals surface area (Å²) >= 11 is 8.00. The Hall–Kier alpha value is -2.55. The van der Waals surface area contributed by atoms with Gasteiger partial charge >= 0.3 is 0 Å². The Morgan fingerprint density at radius 3 is 2.58 bits per heavy atom. The average molecular weight is 528 g/mol. The summed E-state index contributed by atoms with van der Waals surface area (Å²) in [4.78, 5) is 43.0. The number of fused-ring (bicyclic) bond motifs is 1. The van der Waals surface area contributed by atoms with Crippen molar-refractivity contribution in [3.05, 3.63) is 59.1 Å². The molecule has 3 saturated heterocycles. The van der Waals surface area contributed by atoms with Gasteiger partial charge in [-0.3, -0.25) is 14.4 Å². The predicted octanol–water partition coefficient (Wildman–Crippen LogP) is 4.09. The van der Waals surface area contributed by atoms with Gasteiger partial charge in [0, 0.05) is 10.9 Å². The van der Waals surface area contributed by atoms with Crippen molar-refractivity contribution in [1.82, 2.24) is 4.90 Å². The topological polar surface area (TPSA) is 98.7 Å². The third-order valence-electron chi connectivity index (χ3n) is 7.88. The van der Waals surface area contributed by atoms with E-state index in [2.05, 4.69) is 10.6 Å². The molecule has 190 valence electrons. The zero-order valence-corrected chi connectivity index (χ0v) is 21.8. The number of hydrogen-bond donors (Lipinski definition) is 3. The molecule has 7 nitrogen and oxygen atoms in total. The Balaban J connectivity index is 1.52. The van der Waals surface area contributed by atoms with E-state index < -0.39 is 28.7 Å². The van der Waals surface area contributed by atoms with Crippen molar-refractivity contribution >= 4 is 52.5 Å². The molecule has 3 aliphatic rings. The molecule has 2 unspecified atom stereocenters. The van der Waals surface area contributed by atoms with E-state index in [1.54, 1.807) is 22.7 Å². The van der Waals surface area contributed by atoms with E-state index in [-0.39, 0.29) is 29.6 Å². The van der Waals surface area contributed by atoms with Gasteiger partial charge in [0.05, 0.1) is 39.9 Å². The van der Waals surface area contributed by atoms with Gasteiger partial charge < -0.3 is 20.6 Å². The lowest BCUT2D eigenvalue weighted by atomic mass is 9.70. The van der Waals surface area contributed by atoms with Crippen LogP contribution in [0.1, 0.15) is 31.7 Å². The number of thioether (sulfide) groups is 1. The maximum absolute atomic E-state index is 14.0. The smallest absolute Gasteiger partial charge is 0.248 e. The van der Waals surface area contributed by atoms with E-state index in [0.717, 1.165) is 12.0 Å². The van der Waals surface area contributed by atoms with Crippen LogP contribution in [0.15, 0.2) is 48.5 Å². The number of nitrogens with zero attached hydrogens (tertiary/aromatic N) is 1. The minimum atomic E-state index is -0.813. The second-order valence-electron chi connectivity index (χ2n) is 9.82. The molecule has 9 heteroatoms. The number of benzene rings is 2. The number of carbonyl (C=O) groups excluding carboxylic acids is 3. The number of rotatable bonds is 7. The summed E-state index contributed by atoms with van der Waals surface area (Å²) in [5.74, 6) is -1.93. The molecule has 0 radical (unpaired) electrons. The minimum absolute atomic E-state index is 0.0450. The first-order chi connectivity index (χ1) is 17.3. The summed E-state index contributed by atoms with van der Waals surface area (Å²) in [6, 6.07) is 13.3. The number of amides is 3. The summed E-state index contributed by atoms with van der Waals surface area (Å²) in [6.07, 6.45) is 1.90. The van der Waals surface area contributed by atoms with Gasteiger partial charge in [-0.25, -0.2) is 0 Å². The molecule has 5 rings (SSSR count). The number of para-hydroxylation sites is 2. The Morgan fingerprint density at radius 2 is 1.92 bits per heavy atom. The third kappa shape index (κ3) is 3.90. The Labute approximate surface area is 220 Å². The first kappa shape index (κ1) is 25.1. The summed E-state index contributed by atoms with van der Waals surface area (Å²) in [5.41, 5.74) is 2.01. The molecule has 2 aromatic carbocycles. The van der Waals surface area contributed by atoms with Crippen molar-refractivity contribution in [2.24, 2.45) is 11.8 Å². The summed E-state index contributed by atoms with van der Waals surface area (Å²) in [5, 5.41) is 16.5. The van der Waals surface area contributed by atoms with Gasteiger partial charge in [0.25, 0.3) is 0 Å². The fourth-order valence-corrected chi connectivity index (χ4v) is 8.70. The van der Waals surface area contributed by atoms with Gasteiger partial charge in [0.1, 0.15) is 6.04 Å². The van der Waals surface area contributed by atoms with E-state index in [1.807, 2.05) is 56.3 Å². The van der Waals surface area contributed by atoms with Gasteiger partial charge in [-0.1, -0.05) is 48.9 Å². The van der Waals surface area contributed by atoms with E-state index in [1.165, 1.54) is 0 Å². The summed E-state index contributed by atoms with van der Waals surface area (Å²) < 4.78 is -0.734. The number of aryl methyl sites for hydroxylation is 1. The van der Waals surface area contributed by atoms with Crippen LogP contribution in [0, 0.1) is 18.8 Å². The molecular weight excluding hydrogens is 498 g/mol. The molecule has 3 amide bonds.